The van der Waals surface area contributed by atoms with Crippen LogP contribution in [0.4, 0.5) is 10.6 Å². The fourth-order valence-electron chi connectivity index (χ4n) is 4.87. The maximum atomic E-state index is 12.5. The zero-order valence-electron chi connectivity index (χ0n) is 31.3. The van der Waals surface area contributed by atoms with Crippen molar-refractivity contribution in [3.8, 4) is 39.6 Å². The van der Waals surface area contributed by atoms with Gasteiger partial charge in [-0.2, -0.15) is 10.5 Å². The number of esters is 1. The second-order valence-corrected chi connectivity index (χ2v) is 15.4. The number of carbonyl (C=O) groups is 3. The van der Waals surface area contributed by atoms with Crippen LogP contribution in [0, 0.1) is 22.7 Å². The molecule has 2 atom stereocenters. The van der Waals surface area contributed by atoms with Crippen LogP contribution < -0.4 is 20.7 Å². The average molecular weight is 804 g/mol. The van der Waals surface area contributed by atoms with Gasteiger partial charge in [0.05, 0.1) is 11.3 Å². The first kappa shape index (κ1) is 42.4. The number of anilines is 1. The van der Waals surface area contributed by atoms with E-state index in [1.165, 1.54) is 36.9 Å². The molecular weight excluding hydrogens is 762 g/mol. The van der Waals surface area contributed by atoms with Gasteiger partial charge in [-0.15, -0.1) is 11.3 Å². The number of thioether (sulfide) groups is 1. The van der Waals surface area contributed by atoms with Crippen LogP contribution in [0.1, 0.15) is 64.8 Å². The molecule has 0 fully saturated rings. The molecule has 13 nitrogen and oxygen atoms in total. The van der Waals surface area contributed by atoms with Gasteiger partial charge in [0.25, 0.3) is 0 Å². The average Bonchev–Trinajstić information content (AvgIpc) is 3.63. The number of nitriles is 2. The van der Waals surface area contributed by atoms with E-state index in [0.717, 1.165) is 22.7 Å². The summed E-state index contributed by atoms with van der Waals surface area (Å²) in [5.41, 5.74) is 2.66. The number of hydrogen-bond acceptors (Lipinski definition) is 13. The molecule has 3 N–H and O–H groups in total. The first-order valence-electron chi connectivity index (χ1n) is 17.4. The first-order valence-corrected chi connectivity index (χ1v) is 19.6. The number of aromatic nitrogens is 2. The number of benzene rings is 2. The van der Waals surface area contributed by atoms with Crippen LogP contribution in [0.3, 0.4) is 0 Å². The molecule has 4 aromatic rings. The van der Waals surface area contributed by atoms with Gasteiger partial charge in [-0.1, -0.05) is 54.6 Å². The Bertz CT molecular complexity index is 2060. The van der Waals surface area contributed by atoms with Gasteiger partial charge in [0, 0.05) is 33.8 Å². The second kappa shape index (κ2) is 19.8. The number of halogens is 1. The quantitative estimate of drug-likeness (QED) is 0.0569. The van der Waals surface area contributed by atoms with Crippen LogP contribution in [-0.2, 0) is 24.8 Å². The van der Waals surface area contributed by atoms with Gasteiger partial charge < -0.3 is 30.2 Å². The number of nitrogens with one attached hydrogen (secondary N) is 3. The van der Waals surface area contributed by atoms with Crippen molar-refractivity contribution < 1.29 is 28.6 Å². The summed E-state index contributed by atoms with van der Waals surface area (Å²) in [6.45, 7) is 10.6. The molecule has 0 aliphatic carbocycles. The summed E-state index contributed by atoms with van der Waals surface area (Å²) in [5.74, 6) is 0.0512. The van der Waals surface area contributed by atoms with Crippen molar-refractivity contribution >= 4 is 58.5 Å². The largest absolute Gasteiger partial charge is 0.490 e. The molecule has 2 heterocycles. The Morgan fingerprint density at radius 2 is 1.60 bits per heavy atom. The Labute approximate surface area is 333 Å². The topological polar surface area (TPSA) is 188 Å². The van der Waals surface area contributed by atoms with E-state index in [0.29, 0.717) is 45.0 Å². The summed E-state index contributed by atoms with van der Waals surface area (Å²) < 4.78 is 16.2. The number of amides is 2. The van der Waals surface area contributed by atoms with E-state index in [1.807, 2.05) is 36.6 Å². The van der Waals surface area contributed by atoms with Crippen molar-refractivity contribution in [2.75, 3.05) is 25.1 Å². The Hall–Kier alpha value is -5.35. The highest BCUT2D eigenvalue weighted by Crippen LogP contribution is 2.38. The fourth-order valence-corrected chi connectivity index (χ4v) is 6.81. The Balaban J connectivity index is 1.40. The molecule has 55 heavy (non-hydrogen) atoms. The molecule has 16 heteroatoms. The van der Waals surface area contributed by atoms with Crippen molar-refractivity contribution in [3.05, 3.63) is 75.8 Å². The summed E-state index contributed by atoms with van der Waals surface area (Å²) in [5, 5.41) is 32.8. The molecule has 2 amide bonds. The summed E-state index contributed by atoms with van der Waals surface area (Å²) >= 11 is 8.93. The lowest BCUT2D eigenvalue weighted by atomic mass is 9.96. The lowest BCUT2D eigenvalue weighted by Crippen LogP contribution is -2.50. The van der Waals surface area contributed by atoms with Gasteiger partial charge in [-0.25, -0.2) is 19.6 Å². The minimum atomic E-state index is -0.980. The molecule has 0 radical (unpaired) electrons. The molecule has 0 saturated heterocycles. The van der Waals surface area contributed by atoms with Crippen LogP contribution in [0.25, 0.3) is 21.7 Å². The van der Waals surface area contributed by atoms with Crippen molar-refractivity contribution in [2.45, 2.75) is 76.4 Å². The van der Waals surface area contributed by atoms with Crippen LogP contribution >= 0.6 is 34.7 Å². The molecular formula is C39H42ClN7O6S2. The third kappa shape index (κ3) is 12.3. The number of nitrogens with zero attached hydrogens (tertiary/aromatic N) is 4. The lowest BCUT2D eigenvalue weighted by Gasteiger charge is -2.22. The number of thiazole rings is 1. The van der Waals surface area contributed by atoms with Crippen molar-refractivity contribution in [1.29, 1.82) is 10.5 Å². The van der Waals surface area contributed by atoms with E-state index < -0.39 is 35.7 Å². The van der Waals surface area contributed by atoms with Crippen LogP contribution in [0.5, 0.6) is 5.75 Å². The number of rotatable bonds is 16. The van der Waals surface area contributed by atoms with Crippen molar-refractivity contribution in [1.82, 2.24) is 20.6 Å². The predicted molar refractivity (Wildman–Crippen MR) is 213 cm³/mol. The van der Waals surface area contributed by atoms with Gasteiger partial charge in [0.15, 0.2) is 0 Å². The van der Waals surface area contributed by atoms with Crippen LogP contribution in [0.2, 0.25) is 5.02 Å². The highest BCUT2D eigenvalue weighted by atomic mass is 35.5. The van der Waals surface area contributed by atoms with Crippen molar-refractivity contribution in [2.24, 2.45) is 0 Å². The van der Waals surface area contributed by atoms with Gasteiger partial charge in [0.1, 0.15) is 70.2 Å². The Kier molecular flexibility index (Phi) is 15.3. The molecule has 0 spiro atoms. The minimum Gasteiger partial charge on any atom is -0.490 e. The molecule has 2 unspecified atom stereocenters. The van der Waals surface area contributed by atoms with Gasteiger partial charge in [-0.05, 0) is 70.9 Å². The third-order valence-corrected chi connectivity index (χ3v) is 9.71. The molecule has 0 bridgehead atoms. The monoisotopic (exact) mass is 803 g/mol. The molecule has 288 valence electrons. The van der Waals surface area contributed by atoms with Crippen LogP contribution in [0.15, 0.2) is 58.9 Å². The number of ether oxygens (including phenoxy) is 3. The molecule has 2 aromatic heterocycles. The smallest absolute Gasteiger partial charge is 0.408 e. The number of carbonyl (C=O) groups excluding carboxylic acids is 3. The summed E-state index contributed by atoms with van der Waals surface area (Å²) in [7, 11) is 0. The maximum Gasteiger partial charge on any atom is 0.408 e. The Morgan fingerprint density at radius 3 is 2.24 bits per heavy atom. The van der Waals surface area contributed by atoms with Crippen LogP contribution in [-0.4, -0.2) is 65.4 Å². The highest BCUT2D eigenvalue weighted by Gasteiger charge is 2.25. The van der Waals surface area contributed by atoms with E-state index in [4.69, 9.17) is 35.8 Å². The van der Waals surface area contributed by atoms with Gasteiger partial charge in [0.2, 0.25) is 5.91 Å². The normalized spacial score (nSPS) is 12.0. The lowest BCUT2D eigenvalue weighted by molar-refractivity contribution is -0.148. The Morgan fingerprint density at radius 1 is 0.927 bits per heavy atom. The zero-order valence-corrected chi connectivity index (χ0v) is 33.7. The molecule has 0 saturated carbocycles. The third-order valence-electron chi connectivity index (χ3n) is 7.51. The zero-order chi connectivity index (χ0) is 40.1. The van der Waals surface area contributed by atoms with E-state index in [9.17, 15) is 24.9 Å². The highest BCUT2D eigenvalue weighted by molar-refractivity contribution is 7.98. The van der Waals surface area contributed by atoms with E-state index >= 15 is 0 Å². The van der Waals surface area contributed by atoms with E-state index in [2.05, 4.69) is 28.1 Å². The SMILES string of the molecule is CCCNc1nc(SCc2csc(-c3ccc(Cl)cc3)n2)c(C#N)c(-c2ccc(OCCOC(=O)C(C)NC(=O)C(C)NC(=O)OC(C)(C)C)cc2)c1C#N. The summed E-state index contributed by atoms with van der Waals surface area (Å²) in [6.07, 6.45) is 0.0513. The predicted octanol–water partition coefficient (Wildman–Crippen LogP) is 7.72. The standard InChI is InChI=1S/C39H42ClN7O6S2/c1-7-16-43-33-30(19-41)32(31(20-42)36(47-33)55-22-28-21-54-35(46-28)26-8-12-27(40)13-9-26)25-10-14-29(15-11-25)51-17-18-52-37(49)24(3)44-34(48)23(2)45-38(50)53-39(4,5)6/h8-15,21,23-24H,7,16-18,22H2,1-6H3,(H,43,47)(H,44,48)(H,45,50). The first-order chi connectivity index (χ1) is 26.2. The summed E-state index contributed by atoms with van der Waals surface area (Å²) in [6, 6.07) is 17.0. The van der Waals surface area contributed by atoms with E-state index in [1.54, 1.807) is 45.0 Å². The molecule has 2 aromatic carbocycles. The number of hydrogen-bond donors (Lipinski definition) is 3. The number of alkyl carbamates (subject to hydrolysis) is 1. The van der Waals surface area contributed by atoms with Gasteiger partial charge >= 0.3 is 12.1 Å². The minimum absolute atomic E-state index is 0.0206. The number of pyridine rings is 1. The molecule has 0 aliphatic rings. The fraction of sp³-hybridized carbons (Fsp3) is 0.359. The summed E-state index contributed by atoms with van der Waals surface area (Å²) in [4.78, 5) is 46.4. The van der Waals surface area contributed by atoms with Gasteiger partial charge in [-0.3, -0.25) is 4.79 Å². The van der Waals surface area contributed by atoms with E-state index in [-0.39, 0.29) is 24.3 Å². The van der Waals surface area contributed by atoms with Crippen molar-refractivity contribution in [3.63, 3.8) is 0 Å². The molecule has 4 rings (SSSR count). The maximum absolute atomic E-state index is 12.5. The molecule has 0 aliphatic heterocycles. The second-order valence-electron chi connectivity index (χ2n) is 13.1.